The van der Waals surface area contributed by atoms with Gasteiger partial charge in [0.25, 0.3) is 0 Å². The molecule has 102 valence electrons. The van der Waals surface area contributed by atoms with Crippen LogP contribution in [0.1, 0.15) is 25.5 Å². The number of thiazole rings is 1. The molecule has 2 atom stereocenters. The second kappa shape index (κ2) is 7.19. The molecule has 1 aromatic heterocycles. The molecule has 4 nitrogen and oxygen atoms in total. The Labute approximate surface area is 113 Å². The fraction of sp³-hybridized carbons (Fsp3) is 0.769. The summed E-state index contributed by atoms with van der Waals surface area (Å²) in [7, 11) is 2.15. The highest BCUT2D eigenvalue weighted by Crippen LogP contribution is 2.11. The van der Waals surface area contributed by atoms with E-state index in [4.69, 9.17) is 4.74 Å². The van der Waals surface area contributed by atoms with E-state index >= 15 is 0 Å². The average Bonchev–Trinajstić information content (AvgIpc) is 3.01. The maximum absolute atomic E-state index is 5.60. The lowest BCUT2D eigenvalue weighted by Gasteiger charge is -2.24. The SMILES string of the molecule is CC(CNCC1CCCO1)N(C)Cc1cscn1. The molecule has 0 spiro atoms. The zero-order valence-corrected chi connectivity index (χ0v) is 12.1. The first-order valence-electron chi connectivity index (χ1n) is 6.65. The molecule has 1 aliphatic rings. The molecule has 18 heavy (non-hydrogen) atoms. The van der Waals surface area contributed by atoms with Crippen LogP contribution in [0.15, 0.2) is 10.9 Å². The summed E-state index contributed by atoms with van der Waals surface area (Å²) >= 11 is 1.66. The van der Waals surface area contributed by atoms with Gasteiger partial charge in [0.1, 0.15) is 0 Å². The molecular weight excluding hydrogens is 246 g/mol. The number of ether oxygens (including phenoxy) is 1. The Hall–Kier alpha value is -0.490. The van der Waals surface area contributed by atoms with Gasteiger partial charge in [0.2, 0.25) is 0 Å². The van der Waals surface area contributed by atoms with Gasteiger partial charge >= 0.3 is 0 Å². The lowest BCUT2D eigenvalue weighted by molar-refractivity contribution is 0.108. The van der Waals surface area contributed by atoms with Crippen LogP contribution >= 0.6 is 11.3 Å². The summed E-state index contributed by atoms with van der Waals surface area (Å²) in [5, 5.41) is 5.62. The van der Waals surface area contributed by atoms with Crippen molar-refractivity contribution in [2.45, 2.75) is 38.5 Å². The standard InChI is InChI=1S/C13H23N3OS/c1-11(6-14-7-13-4-3-5-17-13)16(2)8-12-9-18-10-15-12/h9-11,13-14H,3-8H2,1-2H3. The van der Waals surface area contributed by atoms with Crippen molar-refractivity contribution in [1.82, 2.24) is 15.2 Å². The largest absolute Gasteiger partial charge is 0.377 e. The number of aromatic nitrogens is 1. The van der Waals surface area contributed by atoms with E-state index in [1.54, 1.807) is 11.3 Å². The zero-order chi connectivity index (χ0) is 12.8. The smallest absolute Gasteiger partial charge is 0.0795 e. The lowest BCUT2D eigenvalue weighted by atomic mass is 10.2. The third-order valence-corrected chi connectivity index (χ3v) is 4.12. The number of hydrogen-bond donors (Lipinski definition) is 1. The molecule has 2 unspecified atom stereocenters. The first-order chi connectivity index (χ1) is 8.75. The average molecular weight is 269 g/mol. The van der Waals surface area contributed by atoms with Gasteiger partial charge in [0.15, 0.2) is 0 Å². The van der Waals surface area contributed by atoms with Crippen LogP contribution in [0.5, 0.6) is 0 Å². The summed E-state index contributed by atoms with van der Waals surface area (Å²) in [5.74, 6) is 0. The number of likely N-dealkylation sites (N-methyl/N-ethyl adjacent to an activating group) is 1. The van der Waals surface area contributed by atoms with Crippen LogP contribution in [0.4, 0.5) is 0 Å². The van der Waals surface area contributed by atoms with Gasteiger partial charge in [-0.2, -0.15) is 0 Å². The van der Waals surface area contributed by atoms with Crippen molar-refractivity contribution in [3.05, 3.63) is 16.6 Å². The summed E-state index contributed by atoms with van der Waals surface area (Å²) in [4.78, 5) is 6.65. The van der Waals surface area contributed by atoms with Crippen LogP contribution in [-0.4, -0.2) is 48.8 Å². The maximum atomic E-state index is 5.60. The summed E-state index contributed by atoms with van der Waals surface area (Å²) in [5.41, 5.74) is 3.05. The molecule has 0 bridgehead atoms. The molecule has 0 amide bonds. The second-order valence-corrected chi connectivity index (χ2v) is 5.76. The first kappa shape index (κ1) is 13.9. The van der Waals surface area contributed by atoms with E-state index in [0.717, 1.165) is 31.9 Å². The Morgan fingerprint density at radius 3 is 3.22 bits per heavy atom. The van der Waals surface area contributed by atoms with Gasteiger partial charge in [-0.3, -0.25) is 4.90 Å². The Morgan fingerprint density at radius 2 is 2.56 bits per heavy atom. The van der Waals surface area contributed by atoms with Gasteiger partial charge in [0.05, 0.1) is 17.3 Å². The van der Waals surface area contributed by atoms with E-state index in [2.05, 4.69) is 34.6 Å². The predicted octanol–water partition coefficient (Wildman–Crippen LogP) is 1.73. The van der Waals surface area contributed by atoms with Gasteiger partial charge in [-0.15, -0.1) is 11.3 Å². The molecule has 1 fully saturated rings. The van der Waals surface area contributed by atoms with Crippen molar-refractivity contribution >= 4 is 11.3 Å². The molecule has 1 aliphatic heterocycles. The third-order valence-electron chi connectivity index (χ3n) is 3.48. The number of nitrogens with one attached hydrogen (secondary N) is 1. The molecule has 5 heteroatoms. The highest BCUT2D eigenvalue weighted by molar-refractivity contribution is 7.07. The molecule has 2 rings (SSSR count). The highest BCUT2D eigenvalue weighted by Gasteiger charge is 2.16. The van der Waals surface area contributed by atoms with Gasteiger partial charge in [-0.25, -0.2) is 4.98 Å². The van der Waals surface area contributed by atoms with E-state index in [0.29, 0.717) is 12.1 Å². The summed E-state index contributed by atoms with van der Waals surface area (Å²) in [6.07, 6.45) is 2.85. The Morgan fingerprint density at radius 1 is 1.67 bits per heavy atom. The number of nitrogens with zero attached hydrogens (tertiary/aromatic N) is 2. The number of hydrogen-bond acceptors (Lipinski definition) is 5. The van der Waals surface area contributed by atoms with Crippen molar-refractivity contribution in [2.75, 3.05) is 26.7 Å². The Kier molecular flexibility index (Phi) is 5.56. The minimum Gasteiger partial charge on any atom is -0.377 e. The first-order valence-corrected chi connectivity index (χ1v) is 7.59. The Balaban J connectivity index is 1.62. The molecular formula is C13H23N3OS. The molecule has 1 aromatic rings. The van der Waals surface area contributed by atoms with Crippen molar-refractivity contribution in [3.8, 4) is 0 Å². The molecule has 1 N–H and O–H groups in total. The summed E-state index contributed by atoms with van der Waals surface area (Å²) < 4.78 is 5.60. The van der Waals surface area contributed by atoms with Gasteiger partial charge in [-0.1, -0.05) is 0 Å². The third kappa shape index (κ3) is 4.31. The van der Waals surface area contributed by atoms with Crippen LogP contribution in [0.25, 0.3) is 0 Å². The molecule has 0 aromatic carbocycles. The van der Waals surface area contributed by atoms with Gasteiger partial charge < -0.3 is 10.1 Å². The number of rotatable bonds is 7. The quantitative estimate of drug-likeness (QED) is 0.818. The predicted molar refractivity (Wildman–Crippen MR) is 74.9 cm³/mol. The molecule has 0 aliphatic carbocycles. The van der Waals surface area contributed by atoms with Crippen LogP contribution in [0, 0.1) is 0 Å². The molecule has 2 heterocycles. The van der Waals surface area contributed by atoms with E-state index in [-0.39, 0.29) is 0 Å². The minimum absolute atomic E-state index is 0.432. The van der Waals surface area contributed by atoms with Crippen molar-refractivity contribution < 1.29 is 4.74 Å². The summed E-state index contributed by atoms with van der Waals surface area (Å²) in [6, 6.07) is 0.508. The highest BCUT2D eigenvalue weighted by atomic mass is 32.1. The van der Waals surface area contributed by atoms with Crippen LogP contribution in [0.3, 0.4) is 0 Å². The fourth-order valence-electron chi connectivity index (χ4n) is 2.14. The van der Waals surface area contributed by atoms with Crippen molar-refractivity contribution in [1.29, 1.82) is 0 Å². The fourth-order valence-corrected chi connectivity index (χ4v) is 2.69. The van der Waals surface area contributed by atoms with E-state index in [1.807, 2.05) is 5.51 Å². The monoisotopic (exact) mass is 269 g/mol. The van der Waals surface area contributed by atoms with Crippen LogP contribution in [-0.2, 0) is 11.3 Å². The molecule has 0 radical (unpaired) electrons. The van der Waals surface area contributed by atoms with Crippen LogP contribution < -0.4 is 5.32 Å². The molecule has 0 saturated carbocycles. The van der Waals surface area contributed by atoms with E-state index < -0.39 is 0 Å². The van der Waals surface area contributed by atoms with Gasteiger partial charge in [0, 0.05) is 37.7 Å². The van der Waals surface area contributed by atoms with E-state index in [1.165, 1.54) is 12.8 Å². The maximum Gasteiger partial charge on any atom is 0.0795 e. The Bertz CT molecular complexity index is 325. The normalized spacial score (nSPS) is 21.6. The van der Waals surface area contributed by atoms with E-state index in [9.17, 15) is 0 Å². The minimum atomic E-state index is 0.432. The summed E-state index contributed by atoms with van der Waals surface area (Å²) in [6.45, 7) is 6.09. The van der Waals surface area contributed by atoms with Crippen molar-refractivity contribution in [2.24, 2.45) is 0 Å². The van der Waals surface area contributed by atoms with Crippen LogP contribution in [0.2, 0.25) is 0 Å². The topological polar surface area (TPSA) is 37.4 Å². The molecule has 1 saturated heterocycles. The second-order valence-electron chi connectivity index (χ2n) is 5.04. The van der Waals surface area contributed by atoms with Gasteiger partial charge in [-0.05, 0) is 26.8 Å². The van der Waals surface area contributed by atoms with Crippen molar-refractivity contribution in [3.63, 3.8) is 0 Å². The lowest BCUT2D eigenvalue weighted by Crippen LogP contribution is -2.39. The zero-order valence-electron chi connectivity index (χ0n) is 11.3.